The van der Waals surface area contributed by atoms with Gasteiger partial charge in [-0.25, -0.2) is 0 Å². The summed E-state index contributed by atoms with van der Waals surface area (Å²) in [5, 5.41) is 18.5. The van der Waals surface area contributed by atoms with E-state index in [2.05, 4.69) is 20.8 Å². The first kappa shape index (κ1) is 23.1. The van der Waals surface area contributed by atoms with Crippen LogP contribution in [0.2, 0.25) is 0 Å². The molecular weight excluding hydrogens is 428 g/mol. The molecule has 32 heavy (non-hydrogen) atoms. The molecule has 2 aromatic rings. The zero-order chi connectivity index (χ0) is 23.2. The third-order valence-electron chi connectivity index (χ3n) is 7.11. The average Bonchev–Trinajstić information content (AvgIpc) is 3.10. The Bertz CT molecular complexity index is 999. The molecule has 2 aliphatic carbocycles. The van der Waals surface area contributed by atoms with Gasteiger partial charge in [0.1, 0.15) is 30.0 Å². The maximum atomic E-state index is 13.2. The highest BCUT2D eigenvalue weighted by atomic mass is 32.1. The minimum atomic E-state index is -0.961. The molecule has 0 amide bonds. The van der Waals surface area contributed by atoms with Crippen molar-refractivity contribution >= 4 is 17.1 Å². The van der Waals surface area contributed by atoms with Gasteiger partial charge in [0.2, 0.25) is 0 Å². The van der Waals surface area contributed by atoms with E-state index in [4.69, 9.17) is 19.3 Å². The van der Waals surface area contributed by atoms with Crippen molar-refractivity contribution in [2.24, 2.45) is 11.3 Å². The fourth-order valence-electron chi connectivity index (χ4n) is 5.24. The molecule has 1 aromatic carbocycles. The molecule has 0 bridgehead atoms. The number of hydrogen-bond donors (Lipinski definition) is 2. The number of Topliss-reactive ketones (excluding diaryl/α,β-unsaturated/α-hetero) is 1. The largest absolute Gasteiger partial charge is 0.496 e. The number of carbonyl (C=O) groups excluding carboxylic acids is 1. The van der Waals surface area contributed by atoms with Crippen molar-refractivity contribution < 1.29 is 29.2 Å². The molecule has 0 spiro atoms. The molecule has 1 heterocycles. The van der Waals surface area contributed by atoms with E-state index in [1.165, 1.54) is 16.0 Å². The molecule has 1 aromatic heterocycles. The first-order valence-corrected chi connectivity index (χ1v) is 11.9. The van der Waals surface area contributed by atoms with Crippen LogP contribution in [0.15, 0.2) is 12.1 Å². The van der Waals surface area contributed by atoms with Crippen LogP contribution in [0.25, 0.3) is 0 Å². The van der Waals surface area contributed by atoms with Crippen molar-refractivity contribution in [2.45, 2.75) is 52.1 Å². The number of carbonyl (C=O) groups is 1. The van der Waals surface area contributed by atoms with Gasteiger partial charge in [-0.3, -0.25) is 4.79 Å². The Morgan fingerprint density at radius 3 is 2.50 bits per heavy atom. The third-order valence-corrected chi connectivity index (χ3v) is 8.31. The number of benzene rings is 1. The van der Waals surface area contributed by atoms with Crippen LogP contribution in [-0.2, 0) is 12.8 Å². The monoisotopic (exact) mass is 460 g/mol. The zero-order valence-corrected chi connectivity index (χ0v) is 20.2. The molecule has 7 heteroatoms. The number of aryl methyl sites for hydroxylation is 1. The number of ketones is 1. The number of thiophene rings is 1. The van der Waals surface area contributed by atoms with Crippen molar-refractivity contribution in [2.75, 3.05) is 27.4 Å². The summed E-state index contributed by atoms with van der Waals surface area (Å²) < 4.78 is 16.6. The number of ether oxygens (including phenoxy) is 3. The number of aliphatic hydroxyl groups is 2. The Morgan fingerprint density at radius 1 is 1.25 bits per heavy atom. The van der Waals surface area contributed by atoms with Crippen molar-refractivity contribution in [3.05, 3.63) is 38.6 Å². The van der Waals surface area contributed by atoms with Crippen molar-refractivity contribution in [3.63, 3.8) is 0 Å². The molecule has 0 radical (unpaired) electrons. The standard InChI is InChI=1S/C25H32O6S/c1-13-22-17(10-18-23(22)25(18,2)3)24(32-13)19(28)7-6-16-20(29-4)8-15(9-21(16)30-5)31-12-14(27)11-26/h8-9,14,18,23,26-27H,6-7,10-12H2,1-5H3/t14-,18+,23+/m0/s1. The second-order valence-electron chi connectivity index (χ2n) is 9.37. The maximum Gasteiger partial charge on any atom is 0.173 e. The Hall–Kier alpha value is -2.09. The second-order valence-corrected chi connectivity index (χ2v) is 10.6. The smallest absolute Gasteiger partial charge is 0.173 e. The van der Waals surface area contributed by atoms with Crippen molar-refractivity contribution in [1.29, 1.82) is 0 Å². The Balaban J connectivity index is 1.50. The van der Waals surface area contributed by atoms with Gasteiger partial charge in [-0.2, -0.15) is 0 Å². The van der Waals surface area contributed by atoms with Gasteiger partial charge in [0, 0.05) is 29.0 Å². The van der Waals surface area contributed by atoms with E-state index in [0.717, 1.165) is 16.9 Å². The normalized spacial score (nSPS) is 21.0. The number of rotatable bonds is 10. The quantitative estimate of drug-likeness (QED) is 0.523. The molecule has 174 valence electrons. The molecule has 4 rings (SSSR count). The lowest BCUT2D eigenvalue weighted by atomic mass is 9.94. The summed E-state index contributed by atoms with van der Waals surface area (Å²) in [5.74, 6) is 3.09. The van der Waals surface area contributed by atoms with Gasteiger partial charge < -0.3 is 24.4 Å². The summed E-state index contributed by atoms with van der Waals surface area (Å²) in [4.78, 5) is 15.4. The predicted octanol–water partition coefficient (Wildman–Crippen LogP) is 3.92. The highest BCUT2D eigenvalue weighted by molar-refractivity contribution is 7.14. The van der Waals surface area contributed by atoms with Crippen LogP contribution in [0.3, 0.4) is 0 Å². The summed E-state index contributed by atoms with van der Waals surface area (Å²) >= 11 is 1.65. The van der Waals surface area contributed by atoms with E-state index < -0.39 is 6.10 Å². The summed E-state index contributed by atoms with van der Waals surface area (Å²) in [5.41, 5.74) is 3.91. The van der Waals surface area contributed by atoms with Crippen LogP contribution in [0, 0.1) is 18.3 Å². The van der Waals surface area contributed by atoms with Gasteiger partial charge in [-0.05, 0) is 48.1 Å². The maximum absolute atomic E-state index is 13.2. The van der Waals surface area contributed by atoms with Gasteiger partial charge in [0.25, 0.3) is 0 Å². The van der Waals surface area contributed by atoms with E-state index in [-0.39, 0.29) is 19.0 Å². The number of fused-ring (bicyclic) bond motifs is 3. The summed E-state index contributed by atoms with van der Waals surface area (Å²) in [6.07, 6.45) is 0.934. The second kappa shape index (κ2) is 8.69. The SMILES string of the molecule is COc1cc(OC[C@@H](O)CO)cc(OC)c1CCC(=O)c1sc(C)c2c1C[C@@H]1[C@H]2C1(C)C. The van der Waals surface area contributed by atoms with E-state index in [1.54, 1.807) is 37.7 Å². The molecule has 0 saturated heterocycles. The van der Waals surface area contributed by atoms with Gasteiger partial charge in [-0.1, -0.05) is 13.8 Å². The van der Waals surface area contributed by atoms with Gasteiger partial charge >= 0.3 is 0 Å². The van der Waals surface area contributed by atoms with Crippen LogP contribution in [-0.4, -0.2) is 49.5 Å². The van der Waals surface area contributed by atoms with Gasteiger partial charge in [-0.15, -0.1) is 11.3 Å². The first-order chi connectivity index (χ1) is 15.2. The zero-order valence-electron chi connectivity index (χ0n) is 19.4. The Labute approximate surface area is 193 Å². The lowest BCUT2D eigenvalue weighted by molar-refractivity contribution is 0.0534. The predicted molar refractivity (Wildman–Crippen MR) is 124 cm³/mol. The molecule has 1 saturated carbocycles. The van der Waals surface area contributed by atoms with Crippen LogP contribution in [0.4, 0.5) is 0 Å². The number of methoxy groups -OCH3 is 2. The van der Waals surface area contributed by atoms with Crippen LogP contribution >= 0.6 is 11.3 Å². The molecule has 3 atom stereocenters. The molecule has 0 aliphatic heterocycles. The highest BCUT2D eigenvalue weighted by Crippen LogP contribution is 2.71. The molecule has 6 nitrogen and oxygen atoms in total. The van der Waals surface area contributed by atoms with E-state index in [9.17, 15) is 9.90 Å². The minimum Gasteiger partial charge on any atom is -0.496 e. The fraction of sp³-hybridized carbons (Fsp3) is 0.560. The molecule has 0 unspecified atom stereocenters. The first-order valence-electron chi connectivity index (χ1n) is 11.0. The molecular formula is C25H32O6S. The average molecular weight is 461 g/mol. The fourth-order valence-corrected chi connectivity index (χ4v) is 6.44. The summed E-state index contributed by atoms with van der Waals surface area (Å²) in [6.45, 7) is 6.40. The van der Waals surface area contributed by atoms with E-state index in [1.807, 2.05) is 0 Å². The third kappa shape index (κ3) is 3.91. The van der Waals surface area contributed by atoms with E-state index >= 15 is 0 Å². The van der Waals surface area contributed by atoms with Gasteiger partial charge in [0.05, 0.1) is 25.7 Å². The Morgan fingerprint density at radius 2 is 1.91 bits per heavy atom. The molecule has 2 N–H and O–H groups in total. The Kier molecular flexibility index (Phi) is 6.27. The van der Waals surface area contributed by atoms with Crippen molar-refractivity contribution in [1.82, 2.24) is 0 Å². The lowest BCUT2D eigenvalue weighted by Crippen LogP contribution is -2.21. The van der Waals surface area contributed by atoms with Gasteiger partial charge in [0.15, 0.2) is 5.78 Å². The number of hydrogen-bond acceptors (Lipinski definition) is 7. The molecule has 1 fully saturated rings. The van der Waals surface area contributed by atoms with Crippen molar-refractivity contribution in [3.8, 4) is 17.2 Å². The number of aliphatic hydroxyl groups excluding tert-OH is 2. The highest BCUT2D eigenvalue weighted by Gasteiger charge is 2.63. The summed E-state index contributed by atoms with van der Waals surface area (Å²) in [6, 6.07) is 3.43. The lowest BCUT2D eigenvalue weighted by Gasteiger charge is -2.17. The summed E-state index contributed by atoms with van der Waals surface area (Å²) in [7, 11) is 3.13. The molecule has 2 aliphatic rings. The van der Waals surface area contributed by atoms with Crippen LogP contribution in [0.1, 0.15) is 57.4 Å². The minimum absolute atomic E-state index is 0.0394. The topological polar surface area (TPSA) is 85.2 Å². The van der Waals surface area contributed by atoms with E-state index in [0.29, 0.717) is 47.3 Å². The van der Waals surface area contributed by atoms with Crippen LogP contribution in [0.5, 0.6) is 17.2 Å². The van der Waals surface area contributed by atoms with Crippen LogP contribution < -0.4 is 14.2 Å².